The molecule has 0 unspecified atom stereocenters. The number of carbonyl (C=O) groups is 1. The van der Waals surface area contributed by atoms with Crippen LogP contribution < -0.4 is 4.74 Å². The molecule has 0 spiro atoms. The Labute approximate surface area is 109 Å². The normalized spacial score (nSPS) is 9.95. The van der Waals surface area contributed by atoms with Gasteiger partial charge in [0.05, 0.1) is 10.5 Å². The van der Waals surface area contributed by atoms with Gasteiger partial charge in [-0.1, -0.05) is 12.1 Å². The van der Waals surface area contributed by atoms with Crippen LogP contribution >= 0.6 is 0 Å². The van der Waals surface area contributed by atoms with E-state index >= 15 is 0 Å². The van der Waals surface area contributed by atoms with Crippen LogP contribution in [0.2, 0.25) is 0 Å². The van der Waals surface area contributed by atoms with Gasteiger partial charge in [-0.2, -0.15) is 0 Å². The fourth-order valence-electron chi connectivity index (χ4n) is 1.64. The van der Waals surface area contributed by atoms with Crippen LogP contribution in [0.1, 0.15) is 15.9 Å². The van der Waals surface area contributed by atoms with Gasteiger partial charge in [-0.05, 0) is 30.7 Å². The SMILES string of the molecule is Cc1cccc(Oc2ccc([N+](=O)[O-])cc2C=O)c1. The van der Waals surface area contributed by atoms with Gasteiger partial charge in [0.2, 0.25) is 0 Å². The highest BCUT2D eigenvalue weighted by Crippen LogP contribution is 2.28. The lowest BCUT2D eigenvalue weighted by atomic mass is 10.2. The molecule has 0 radical (unpaired) electrons. The smallest absolute Gasteiger partial charge is 0.270 e. The summed E-state index contributed by atoms with van der Waals surface area (Å²) < 4.78 is 5.56. The predicted molar refractivity (Wildman–Crippen MR) is 69.7 cm³/mol. The molecule has 0 saturated heterocycles. The maximum Gasteiger partial charge on any atom is 0.270 e. The Hall–Kier alpha value is -2.69. The van der Waals surface area contributed by atoms with Crippen molar-refractivity contribution in [2.75, 3.05) is 0 Å². The monoisotopic (exact) mass is 257 g/mol. The number of aryl methyl sites for hydroxylation is 1. The van der Waals surface area contributed by atoms with E-state index in [0.29, 0.717) is 17.8 Å². The topological polar surface area (TPSA) is 69.4 Å². The average Bonchev–Trinajstić information content (AvgIpc) is 2.39. The molecule has 0 amide bonds. The summed E-state index contributed by atoms with van der Waals surface area (Å²) in [7, 11) is 0. The number of nitro benzene ring substituents is 1. The molecule has 5 heteroatoms. The number of hydrogen-bond acceptors (Lipinski definition) is 4. The molecule has 5 nitrogen and oxygen atoms in total. The number of non-ortho nitro benzene ring substituents is 1. The Morgan fingerprint density at radius 2 is 2.00 bits per heavy atom. The highest BCUT2D eigenvalue weighted by Gasteiger charge is 2.11. The molecular formula is C14H11NO4. The Bertz CT molecular complexity index is 637. The average molecular weight is 257 g/mol. The first-order valence-electron chi connectivity index (χ1n) is 5.58. The van der Waals surface area contributed by atoms with Gasteiger partial charge in [-0.3, -0.25) is 14.9 Å². The summed E-state index contributed by atoms with van der Waals surface area (Å²) in [5.41, 5.74) is 1.03. The van der Waals surface area contributed by atoms with Gasteiger partial charge in [0.15, 0.2) is 6.29 Å². The molecule has 19 heavy (non-hydrogen) atoms. The first kappa shape index (κ1) is 12.8. The van der Waals surface area contributed by atoms with Crippen LogP contribution in [-0.2, 0) is 0 Å². The van der Waals surface area contributed by atoms with E-state index in [-0.39, 0.29) is 11.3 Å². The summed E-state index contributed by atoms with van der Waals surface area (Å²) in [5, 5.41) is 10.6. The number of ether oxygens (including phenoxy) is 1. The lowest BCUT2D eigenvalue weighted by molar-refractivity contribution is -0.384. The minimum atomic E-state index is -0.552. The number of rotatable bonds is 4. The van der Waals surface area contributed by atoms with Crippen LogP contribution in [0.4, 0.5) is 5.69 Å². The van der Waals surface area contributed by atoms with Crippen LogP contribution in [0, 0.1) is 17.0 Å². The molecule has 0 atom stereocenters. The van der Waals surface area contributed by atoms with Crippen molar-refractivity contribution in [3.63, 3.8) is 0 Å². The second-order valence-corrected chi connectivity index (χ2v) is 4.02. The number of nitrogens with zero attached hydrogens (tertiary/aromatic N) is 1. The Morgan fingerprint density at radius 3 is 2.63 bits per heavy atom. The largest absolute Gasteiger partial charge is 0.457 e. The summed E-state index contributed by atoms with van der Waals surface area (Å²) in [6, 6.07) is 11.2. The van der Waals surface area contributed by atoms with Crippen LogP contribution in [0.3, 0.4) is 0 Å². The Kier molecular flexibility index (Phi) is 3.56. The lowest BCUT2D eigenvalue weighted by Crippen LogP contribution is -1.94. The van der Waals surface area contributed by atoms with Gasteiger partial charge in [-0.25, -0.2) is 0 Å². The molecule has 0 saturated carbocycles. The molecule has 2 aromatic rings. The summed E-state index contributed by atoms with van der Waals surface area (Å²) in [6.07, 6.45) is 0.540. The molecule has 0 N–H and O–H groups in total. The number of benzene rings is 2. The molecule has 0 aliphatic rings. The van der Waals surface area contributed by atoms with E-state index in [9.17, 15) is 14.9 Å². The lowest BCUT2D eigenvalue weighted by Gasteiger charge is -2.08. The predicted octanol–water partition coefficient (Wildman–Crippen LogP) is 3.51. The van der Waals surface area contributed by atoms with Crippen LogP contribution in [0.5, 0.6) is 11.5 Å². The van der Waals surface area contributed by atoms with Crippen LogP contribution in [0.15, 0.2) is 42.5 Å². The van der Waals surface area contributed by atoms with Gasteiger partial charge in [0.1, 0.15) is 11.5 Å². The van der Waals surface area contributed by atoms with Crippen molar-refractivity contribution in [2.24, 2.45) is 0 Å². The Morgan fingerprint density at radius 1 is 1.21 bits per heavy atom. The van der Waals surface area contributed by atoms with Crippen molar-refractivity contribution in [2.45, 2.75) is 6.92 Å². The second kappa shape index (κ2) is 5.30. The fourth-order valence-corrected chi connectivity index (χ4v) is 1.64. The van der Waals surface area contributed by atoms with Gasteiger partial charge in [0.25, 0.3) is 5.69 Å². The molecule has 0 aliphatic heterocycles. The van der Waals surface area contributed by atoms with Gasteiger partial charge >= 0.3 is 0 Å². The number of carbonyl (C=O) groups excluding carboxylic acids is 1. The zero-order valence-corrected chi connectivity index (χ0v) is 10.2. The van der Waals surface area contributed by atoms with E-state index in [1.807, 2.05) is 25.1 Å². The zero-order chi connectivity index (χ0) is 13.8. The van der Waals surface area contributed by atoms with E-state index in [2.05, 4.69) is 0 Å². The summed E-state index contributed by atoms with van der Waals surface area (Å²) in [5.74, 6) is 0.878. The molecule has 96 valence electrons. The Balaban J connectivity index is 2.35. The van der Waals surface area contributed by atoms with E-state index in [0.717, 1.165) is 5.56 Å². The first-order valence-corrected chi connectivity index (χ1v) is 5.58. The molecular weight excluding hydrogens is 246 g/mol. The van der Waals surface area contributed by atoms with Gasteiger partial charge in [0, 0.05) is 12.1 Å². The third kappa shape index (κ3) is 2.95. The molecule has 2 aromatic carbocycles. The molecule has 0 fully saturated rings. The highest BCUT2D eigenvalue weighted by molar-refractivity contribution is 5.80. The molecule has 0 aliphatic carbocycles. The summed E-state index contributed by atoms with van der Waals surface area (Å²) in [6.45, 7) is 1.92. The van der Waals surface area contributed by atoms with Crippen LogP contribution in [-0.4, -0.2) is 11.2 Å². The zero-order valence-electron chi connectivity index (χ0n) is 10.2. The van der Waals surface area contributed by atoms with Crippen molar-refractivity contribution in [1.82, 2.24) is 0 Å². The third-order valence-corrected chi connectivity index (χ3v) is 2.55. The molecule has 0 aromatic heterocycles. The van der Waals surface area contributed by atoms with E-state index in [1.165, 1.54) is 18.2 Å². The minimum absolute atomic E-state index is 0.140. The number of hydrogen-bond donors (Lipinski definition) is 0. The van der Waals surface area contributed by atoms with Gasteiger partial charge < -0.3 is 4.74 Å². The summed E-state index contributed by atoms with van der Waals surface area (Å²) >= 11 is 0. The molecule has 2 rings (SSSR count). The molecule has 0 bridgehead atoms. The van der Waals surface area contributed by atoms with Crippen molar-refractivity contribution in [3.05, 3.63) is 63.7 Å². The van der Waals surface area contributed by atoms with E-state index in [1.54, 1.807) is 6.07 Å². The van der Waals surface area contributed by atoms with E-state index in [4.69, 9.17) is 4.74 Å². The fraction of sp³-hybridized carbons (Fsp3) is 0.0714. The van der Waals surface area contributed by atoms with Crippen molar-refractivity contribution in [3.8, 4) is 11.5 Å². The quantitative estimate of drug-likeness (QED) is 0.477. The van der Waals surface area contributed by atoms with Crippen molar-refractivity contribution in [1.29, 1.82) is 0 Å². The number of nitro groups is 1. The minimum Gasteiger partial charge on any atom is -0.457 e. The third-order valence-electron chi connectivity index (χ3n) is 2.55. The van der Waals surface area contributed by atoms with Crippen LogP contribution in [0.25, 0.3) is 0 Å². The number of aldehydes is 1. The van der Waals surface area contributed by atoms with Crippen molar-refractivity contribution < 1.29 is 14.5 Å². The van der Waals surface area contributed by atoms with Gasteiger partial charge in [-0.15, -0.1) is 0 Å². The standard InChI is InChI=1S/C14H11NO4/c1-10-3-2-4-13(7-10)19-14-6-5-12(15(17)18)8-11(14)9-16/h2-9H,1H3. The summed E-state index contributed by atoms with van der Waals surface area (Å²) in [4.78, 5) is 21.0. The maximum absolute atomic E-state index is 11.0. The maximum atomic E-state index is 11.0. The highest BCUT2D eigenvalue weighted by atomic mass is 16.6. The molecule has 0 heterocycles. The van der Waals surface area contributed by atoms with E-state index < -0.39 is 4.92 Å². The second-order valence-electron chi connectivity index (χ2n) is 4.02. The first-order chi connectivity index (χ1) is 9.10. The van der Waals surface area contributed by atoms with Crippen molar-refractivity contribution >= 4 is 12.0 Å².